The number of hydrogen-bond acceptors (Lipinski definition) is 4. The Bertz CT molecular complexity index is 488. The number of carboxylic acids is 1. The predicted octanol–water partition coefficient (Wildman–Crippen LogP) is 1.77. The van der Waals surface area contributed by atoms with E-state index < -0.39 is 12.0 Å². The van der Waals surface area contributed by atoms with Crippen LogP contribution in [0.1, 0.15) is 36.5 Å². The molecule has 1 unspecified atom stereocenters. The third-order valence-corrected chi connectivity index (χ3v) is 4.29. The van der Waals surface area contributed by atoms with Gasteiger partial charge in [0.2, 0.25) is 0 Å². The molecule has 1 aliphatic rings. The Morgan fingerprint density at radius 2 is 2.37 bits per heavy atom. The number of carboxylic acid groups (broad SMARTS) is 1. The minimum Gasteiger partial charge on any atom is -0.480 e. The van der Waals surface area contributed by atoms with Crippen LogP contribution in [0.15, 0.2) is 5.38 Å². The van der Waals surface area contributed by atoms with Gasteiger partial charge in [-0.05, 0) is 26.7 Å². The van der Waals surface area contributed by atoms with Crippen molar-refractivity contribution < 1.29 is 14.7 Å². The number of nitrogens with one attached hydrogen (secondary N) is 1. The zero-order valence-electron chi connectivity index (χ0n) is 10.9. The lowest BCUT2D eigenvalue weighted by Crippen LogP contribution is -2.46. The normalized spacial score (nSPS) is 20.3. The summed E-state index contributed by atoms with van der Waals surface area (Å²) in [5.41, 5.74) is 0.922. The SMILES string of the molecule is Cc1csc(C(C)NC(=O)N2CCC[C@H]2C(=O)O)n1. The van der Waals surface area contributed by atoms with Gasteiger partial charge in [0.15, 0.2) is 0 Å². The van der Waals surface area contributed by atoms with Gasteiger partial charge in [-0.3, -0.25) is 0 Å². The van der Waals surface area contributed by atoms with Crippen molar-refractivity contribution in [3.05, 3.63) is 16.1 Å². The van der Waals surface area contributed by atoms with Crippen LogP contribution in [-0.2, 0) is 4.79 Å². The second kappa shape index (κ2) is 5.56. The maximum absolute atomic E-state index is 12.1. The van der Waals surface area contributed by atoms with Crippen molar-refractivity contribution in [1.82, 2.24) is 15.2 Å². The maximum atomic E-state index is 12.1. The van der Waals surface area contributed by atoms with Gasteiger partial charge < -0.3 is 15.3 Å². The summed E-state index contributed by atoms with van der Waals surface area (Å²) in [6, 6.07) is -1.24. The quantitative estimate of drug-likeness (QED) is 0.885. The number of aliphatic carboxylic acids is 1. The van der Waals surface area contributed by atoms with E-state index >= 15 is 0 Å². The molecule has 7 heteroatoms. The lowest BCUT2D eigenvalue weighted by Gasteiger charge is -2.23. The van der Waals surface area contributed by atoms with E-state index in [0.717, 1.165) is 17.1 Å². The lowest BCUT2D eigenvalue weighted by molar-refractivity contribution is -0.141. The molecule has 0 saturated carbocycles. The highest BCUT2D eigenvalue weighted by molar-refractivity contribution is 7.09. The summed E-state index contributed by atoms with van der Waals surface area (Å²) in [4.78, 5) is 28.8. The van der Waals surface area contributed by atoms with E-state index in [-0.39, 0.29) is 12.1 Å². The standard InChI is InChI=1S/C12H17N3O3S/c1-7-6-19-10(13-7)8(2)14-12(18)15-5-3-4-9(15)11(16)17/h6,8-9H,3-5H2,1-2H3,(H,14,18)(H,16,17)/t8?,9-/m0/s1. The Kier molecular flexibility index (Phi) is 4.04. The van der Waals surface area contributed by atoms with Crippen LogP contribution in [0.4, 0.5) is 4.79 Å². The second-order valence-electron chi connectivity index (χ2n) is 4.69. The molecule has 2 amide bonds. The van der Waals surface area contributed by atoms with Gasteiger partial charge in [-0.2, -0.15) is 0 Å². The average molecular weight is 283 g/mol. The number of rotatable bonds is 3. The summed E-state index contributed by atoms with van der Waals surface area (Å²) in [7, 11) is 0. The fourth-order valence-corrected chi connectivity index (χ4v) is 2.97. The highest BCUT2D eigenvalue weighted by Gasteiger charge is 2.34. The van der Waals surface area contributed by atoms with E-state index in [4.69, 9.17) is 5.11 Å². The van der Waals surface area contributed by atoms with E-state index in [1.807, 2.05) is 19.2 Å². The number of carbonyl (C=O) groups is 2. The van der Waals surface area contributed by atoms with Crippen molar-refractivity contribution in [1.29, 1.82) is 0 Å². The molecule has 0 aliphatic carbocycles. The molecule has 2 N–H and O–H groups in total. The maximum Gasteiger partial charge on any atom is 0.326 e. The summed E-state index contributed by atoms with van der Waals surface area (Å²) >= 11 is 1.49. The predicted molar refractivity (Wildman–Crippen MR) is 71.2 cm³/mol. The molecular weight excluding hydrogens is 266 g/mol. The fraction of sp³-hybridized carbons (Fsp3) is 0.583. The summed E-state index contributed by atoms with van der Waals surface area (Å²) in [5, 5.41) is 14.6. The zero-order chi connectivity index (χ0) is 14.0. The van der Waals surface area contributed by atoms with Crippen molar-refractivity contribution in [3.8, 4) is 0 Å². The van der Waals surface area contributed by atoms with Crippen LogP contribution < -0.4 is 5.32 Å². The minimum absolute atomic E-state index is 0.207. The second-order valence-corrected chi connectivity index (χ2v) is 5.58. The molecule has 0 spiro atoms. The van der Waals surface area contributed by atoms with Crippen LogP contribution >= 0.6 is 11.3 Å². The van der Waals surface area contributed by atoms with Gasteiger partial charge in [-0.15, -0.1) is 11.3 Å². The average Bonchev–Trinajstić information content (AvgIpc) is 2.96. The lowest BCUT2D eigenvalue weighted by atomic mass is 10.2. The molecule has 1 aromatic heterocycles. The highest BCUT2D eigenvalue weighted by Crippen LogP contribution is 2.21. The Balaban J connectivity index is 1.99. The number of urea groups is 1. The van der Waals surface area contributed by atoms with Crippen LogP contribution in [0.5, 0.6) is 0 Å². The number of hydrogen-bond donors (Lipinski definition) is 2. The molecule has 1 saturated heterocycles. The van der Waals surface area contributed by atoms with Crippen molar-refractivity contribution in [2.24, 2.45) is 0 Å². The number of aryl methyl sites for hydroxylation is 1. The number of carbonyl (C=O) groups excluding carboxylic acids is 1. The zero-order valence-corrected chi connectivity index (χ0v) is 11.7. The van der Waals surface area contributed by atoms with Crippen molar-refractivity contribution in [3.63, 3.8) is 0 Å². The topological polar surface area (TPSA) is 82.5 Å². The van der Waals surface area contributed by atoms with E-state index in [1.54, 1.807) is 0 Å². The van der Waals surface area contributed by atoms with Gasteiger partial charge in [0.1, 0.15) is 11.0 Å². The fourth-order valence-electron chi connectivity index (χ4n) is 2.17. The van der Waals surface area contributed by atoms with Gasteiger partial charge in [0.05, 0.1) is 6.04 Å². The third-order valence-electron chi connectivity index (χ3n) is 3.15. The number of aromatic nitrogens is 1. The Hall–Kier alpha value is -1.63. The van der Waals surface area contributed by atoms with Gasteiger partial charge in [-0.25, -0.2) is 14.6 Å². The van der Waals surface area contributed by atoms with E-state index in [1.165, 1.54) is 16.2 Å². The molecule has 0 aromatic carbocycles. The smallest absolute Gasteiger partial charge is 0.326 e. The van der Waals surface area contributed by atoms with Crippen LogP contribution in [0.2, 0.25) is 0 Å². The van der Waals surface area contributed by atoms with Gasteiger partial charge in [-0.1, -0.05) is 0 Å². The molecule has 2 rings (SSSR count). The first kappa shape index (κ1) is 13.8. The number of amides is 2. The van der Waals surface area contributed by atoms with Crippen LogP contribution in [0.25, 0.3) is 0 Å². The van der Waals surface area contributed by atoms with Gasteiger partial charge in [0, 0.05) is 17.6 Å². The molecule has 1 aromatic rings. The van der Waals surface area contributed by atoms with Crippen LogP contribution in [-0.4, -0.2) is 39.6 Å². The first-order valence-corrected chi connectivity index (χ1v) is 7.09. The summed E-state index contributed by atoms with van der Waals surface area (Å²) in [6.45, 7) is 4.24. The van der Waals surface area contributed by atoms with E-state index in [9.17, 15) is 9.59 Å². The Morgan fingerprint density at radius 1 is 1.63 bits per heavy atom. The minimum atomic E-state index is -0.939. The van der Waals surface area contributed by atoms with E-state index in [0.29, 0.717) is 13.0 Å². The Morgan fingerprint density at radius 3 is 2.95 bits per heavy atom. The van der Waals surface area contributed by atoms with Gasteiger partial charge >= 0.3 is 12.0 Å². The molecule has 1 fully saturated rings. The van der Waals surface area contributed by atoms with Crippen molar-refractivity contribution in [2.45, 2.75) is 38.8 Å². The summed E-state index contributed by atoms with van der Waals surface area (Å²) in [6.07, 6.45) is 1.25. The first-order valence-electron chi connectivity index (χ1n) is 6.21. The number of thiazole rings is 1. The highest BCUT2D eigenvalue weighted by atomic mass is 32.1. The third kappa shape index (κ3) is 3.04. The molecule has 2 heterocycles. The van der Waals surface area contributed by atoms with Crippen molar-refractivity contribution in [2.75, 3.05) is 6.54 Å². The van der Waals surface area contributed by atoms with E-state index in [2.05, 4.69) is 10.3 Å². The summed E-state index contributed by atoms with van der Waals surface area (Å²) in [5.74, 6) is -0.939. The molecule has 0 bridgehead atoms. The molecular formula is C12H17N3O3S. The van der Waals surface area contributed by atoms with Gasteiger partial charge in [0.25, 0.3) is 0 Å². The molecule has 1 aliphatic heterocycles. The summed E-state index contributed by atoms with van der Waals surface area (Å²) < 4.78 is 0. The largest absolute Gasteiger partial charge is 0.480 e. The molecule has 2 atom stereocenters. The van der Waals surface area contributed by atoms with Crippen molar-refractivity contribution >= 4 is 23.3 Å². The van der Waals surface area contributed by atoms with Crippen LogP contribution in [0, 0.1) is 6.92 Å². The molecule has 19 heavy (non-hydrogen) atoms. The first-order chi connectivity index (χ1) is 8.99. The molecule has 0 radical (unpaired) electrons. The molecule has 6 nitrogen and oxygen atoms in total. The molecule has 104 valence electrons. The van der Waals surface area contributed by atoms with Crippen LogP contribution in [0.3, 0.4) is 0 Å². The number of nitrogens with zero attached hydrogens (tertiary/aromatic N) is 2. The number of likely N-dealkylation sites (tertiary alicyclic amines) is 1. The Labute approximate surface area is 115 Å². The monoisotopic (exact) mass is 283 g/mol.